The second-order valence-corrected chi connectivity index (χ2v) is 6.57. The Kier molecular flexibility index (Phi) is 4.22. The van der Waals surface area contributed by atoms with Crippen LogP contribution in [0.4, 0.5) is 10.8 Å². The van der Waals surface area contributed by atoms with Gasteiger partial charge in [-0.15, -0.1) is 11.3 Å². The molecule has 0 spiro atoms. The van der Waals surface area contributed by atoms with Gasteiger partial charge in [-0.25, -0.2) is 9.97 Å². The smallest absolute Gasteiger partial charge is 0.187 e. The lowest BCUT2D eigenvalue weighted by Gasteiger charge is -2.09. The van der Waals surface area contributed by atoms with Gasteiger partial charge in [0.1, 0.15) is 11.3 Å². The Labute approximate surface area is 155 Å². The Balaban J connectivity index is 1.65. The molecule has 0 atom stereocenters. The van der Waals surface area contributed by atoms with Crippen molar-refractivity contribution in [2.75, 3.05) is 19.5 Å². The lowest BCUT2D eigenvalue weighted by atomic mass is 10.2. The van der Waals surface area contributed by atoms with E-state index in [-0.39, 0.29) is 0 Å². The first-order valence-electron chi connectivity index (χ1n) is 8.08. The molecule has 0 unspecified atom stereocenters. The number of hydrogen-bond acceptors (Lipinski definition) is 6. The fourth-order valence-electron chi connectivity index (χ4n) is 2.90. The first kappa shape index (κ1) is 16.4. The Hall–Kier alpha value is -3.06. The molecule has 4 rings (SSSR count). The van der Waals surface area contributed by atoms with E-state index in [1.54, 1.807) is 25.6 Å². The fourth-order valence-corrected chi connectivity index (χ4v) is 3.61. The monoisotopic (exact) mass is 366 g/mol. The second kappa shape index (κ2) is 6.68. The van der Waals surface area contributed by atoms with Gasteiger partial charge in [0.15, 0.2) is 16.6 Å². The molecule has 3 aromatic heterocycles. The number of fused-ring (bicyclic) bond motifs is 1. The number of anilines is 2. The Morgan fingerprint density at radius 2 is 1.88 bits per heavy atom. The molecule has 132 valence electrons. The van der Waals surface area contributed by atoms with Crippen LogP contribution in [0.3, 0.4) is 0 Å². The molecule has 0 saturated heterocycles. The summed E-state index contributed by atoms with van der Waals surface area (Å²) in [7, 11) is 3.24. The molecule has 0 aliphatic rings. The average Bonchev–Trinajstić information content (AvgIpc) is 3.24. The van der Waals surface area contributed by atoms with Gasteiger partial charge < -0.3 is 14.8 Å². The van der Waals surface area contributed by atoms with Gasteiger partial charge in [-0.3, -0.25) is 4.40 Å². The molecule has 26 heavy (non-hydrogen) atoms. The van der Waals surface area contributed by atoms with Crippen LogP contribution in [0.5, 0.6) is 11.5 Å². The maximum atomic E-state index is 5.35. The molecule has 0 bridgehead atoms. The molecule has 0 fully saturated rings. The van der Waals surface area contributed by atoms with Gasteiger partial charge >= 0.3 is 0 Å². The number of benzene rings is 1. The van der Waals surface area contributed by atoms with E-state index in [0.29, 0.717) is 11.5 Å². The van der Waals surface area contributed by atoms with Crippen LogP contribution in [-0.2, 0) is 0 Å². The maximum absolute atomic E-state index is 5.35. The van der Waals surface area contributed by atoms with Crippen LogP contribution in [0.1, 0.15) is 5.69 Å². The Morgan fingerprint density at radius 3 is 2.69 bits per heavy atom. The lowest BCUT2D eigenvalue weighted by molar-refractivity contribution is 0.355. The highest BCUT2D eigenvalue weighted by molar-refractivity contribution is 7.14. The lowest BCUT2D eigenvalue weighted by Crippen LogP contribution is -1.94. The van der Waals surface area contributed by atoms with Gasteiger partial charge in [0.05, 0.1) is 25.6 Å². The van der Waals surface area contributed by atoms with Crippen molar-refractivity contribution in [1.29, 1.82) is 0 Å². The summed E-state index contributed by atoms with van der Waals surface area (Å²) >= 11 is 1.55. The molecule has 0 aliphatic heterocycles. The first-order chi connectivity index (χ1) is 12.7. The van der Waals surface area contributed by atoms with Crippen LogP contribution in [0.15, 0.2) is 48.0 Å². The minimum Gasteiger partial charge on any atom is -0.493 e. The predicted octanol–water partition coefficient (Wildman–Crippen LogP) is 4.53. The minimum absolute atomic E-state index is 0.673. The van der Waals surface area contributed by atoms with Crippen LogP contribution in [0.25, 0.3) is 17.0 Å². The quantitative estimate of drug-likeness (QED) is 0.562. The fraction of sp³-hybridized carbons (Fsp3) is 0.158. The summed E-state index contributed by atoms with van der Waals surface area (Å²) in [6, 6.07) is 11.7. The number of ether oxygens (including phenoxy) is 2. The SMILES string of the molecule is COc1ccc(Nc2nc(-c3c(C)nc4ccccn34)cs2)cc1OC. The van der Waals surface area contributed by atoms with Crippen molar-refractivity contribution in [3.05, 3.63) is 53.7 Å². The average molecular weight is 366 g/mol. The molecular weight excluding hydrogens is 348 g/mol. The van der Waals surface area contributed by atoms with E-state index in [9.17, 15) is 0 Å². The number of rotatable bonds is 5. The van der Waals surface area contributed by atoms with Crippen molar-refractivity contribution in [3.63, 3.8) is 0 Å². The van der Waals surface area contributed by atoms with Crippen molar-refractivity contribution >= 4 is 27.8 Å². The molecule has 4 aromatic rings. The van der Waals surface area contributed by atoms with E-state index in [1.165, 1.54) is 0 Å². The van der Waals surface area contributed by atoms with Crippen molar-refractivity contribution in [2.24, 2.45) is 0 Å². The Bertz CT molecular complexity index is 1070. The minimum atomic E-state index is 0.673. The molecule has 0 radical (unpaired) electrons. The number of aromatic nitrogens is 3. The number of thiazole rings is 1. The van der Waals surface area contributed by atoms with Gasteiger partial charge in [-0.2, -0.15) is 0 Å². The van der Waals surface area contributed by atoms with E-state index >= 15 is 0 Å². The molecule has 3 heterocycles. The van der Waals surface area contributed by atoms with Gasteiger partial charge in [-0.05, 0) is 31.2 Å². The van der Waals surface area contributed by atoms with Crippen molar-refractivity contribution in [2.45, 2.75) is 6.92 Å². The third-order valence-electron chi connectivity index (χ3n) is 4.09. The number of nitrogens with zero attached hydrogens (tertiary/aromatic N) is 3. The zero-order valence-corrected chi connectivity index (χ0v) is 15.5. The number of aryl methyl sites for hydroxylation is 1. The standard InChI is InChI=1S/C19H18N4O2S/c1-12-18(23-9-5-4-6-17(23)20-12)14-11-26-19(22-14)21-13-7-8-15(24-2)16(10-13)25-3/h4-11H,1-3H3,(H,21,22). The second-order valence-electron chi connectivity index (χ2n) is 5.71. The zero-order valence-electron chi connectivity index (χ0n) is 14.7. The Morgan fingerprint density at radius 1 is 1.04 bits per heavy atom. The molecule has 0 aliphatic carbocycles. The van der Waals surface area contributed by atoms with Crippen molar-refractivity contribution in [3.8, 4) is 22.9 Å². The largest absolute Gasteiger partial charge is 0.493 e. The third kappa shape index (κ3) is 2.86. The molecule has 1 aromatic carbocycles. The number of imidazole rings is 1. The highest BCUT2D eigenvalue weighted by atomic mass is 32.1. The van der Waals surface area contributed by atoms with E-state index in [2.05, 4.69) is 14.7 Å². The third-order valence-corrected chi connectivity index (χ3v) is 4.84. The predicted molar refractivity (Wildman–Crippen MR) is 104 cm³/mol. The highest BCUT2D eigenvalue weighted by Crippen LogP contribution is 2.33. The van der Waals surface area contributed by atoms with E-state index < -0.39 is 0 Å². The van der Waals surface area contributed by atoms with Crippen LogP contribution in [-0.4, -0.2) is 28.6 Å². The van der Waals surface area contributed by atoms with Crippen LogP contribution < -0.4 is 14.8 Å². The number of pyridine rings is 1. The van der Waals surface area contributed by atoms with Gasteiger partial charge in [0, 0.05) is 23.3 Å². The van der Waals surface area contributed by atoms with E-state index in [0.717, 1.165) is 33.5 Å². The molecule has 7 heteroatoms. The highest BCUT2D eigenvalue weighted by Gasteiger charge is 2.14. The van der Waals surface area contributed by atoms with Crippen LogP contribution in [0, 0.1) is 6.92 Å². The van der Waals surface area contributed by atoms with Gasteiger partial charge in [0.25, 0.3) is 0 Å². The maximum Gasteiger partial charge on any atom is 0.187 e. The molecule has 1 N–H and O–H groups in total. The van der Waals surface area contributed by atoms with E-state index in [1.807, 2.05) is 54.9 Å². The summed E-state index contributed by atoms with van der Waals surface area (Å²) in [5, 5.41) is 6.16. The normalized spacial score (nSPS) is 10.9. The van der Waals surface area contributed by atoms with E-state index in [4.69, 9.17) is 14.5 Å². The number of methoxy groups -OCH3 is 2. The van der Waals surface area contributed by atoms with Gasteiger partial charge in [-0.1, -0.05) is 6.07 Å². The summed E-state index contributed by atoms with van der Waals surface area (Å²) in [6.07, 6.45) is 2.01. The summed E-state index contributed by atoms with van der Waals surface area (Å²) in [5.74, 6) is 1.37. The summed E-state index contributed by atoms with van der Waals surface area (Å²) in [6.45, 7) is 2.00. The number of nitrogens with one attached hydrogen (secondary N) is 1. The number of hydrogen-bond donors (Lipinski definition) is 1. The zero-order chi connectivity index (χ0) is 18.1. The topological polar surface area (TPSA) is 60.7 Å². The van der Waals surface area contributed by atoms with Gasteiger partial charge in [0.2, 0.25) is 0 Å². The first-order valence-corrected chi connectivity index (χ1v) is 8.96. The molecule has 6 nitrogen and oxygen atoms in total. The molecule has 0 saturated carbocycles. The molecular formula is C19H18N4O2S. The summed E-state index contributed by atoms with van der Waals surface area (Å²) in [5.41, 5.74) is 4.67. The summed E-state index contributed by atoms with van der Waals surface area (Å²) in [4.78, 5) is 9.33. The van der Waals surface area contributed by atoms with Crippen molar-refractivity contribution in [1.82, 2.24) is 14.4 Å². The molecule has 0 amide bonds. The van der Waals surface area contributed by atoms with Crippen LogP contribution in [0.2, 0.25) is 0 Å². The van der Waals surface area contributed by atoms with Crippen LogP contribution >= 0.6 is 11.3 Å². The summed E-state index contributed by atoms with van der Waals surface area (Å²) < 4.78 is 12.7. The van der Waals surface area contributed by atoms with Crippen molar-refractivity contribution < 1.29 is 9.47 Å².